The van der Waals surface area contributed by atoms with Crippen LogP contribution in [0.15, 0.2) is 23.1 Å². The van der Waals surface area contributed by atoms with E-state index in [4.69, 9.17) is 0 Å². The van der Waals surface area contributed by atoms with E-state index in [-0.39, 0.29) is 0 Å². The Morgan fingerprint density at radius 2 is 2.00 bits per heavy atom. The third-order valence-corrected chi connectivity index (χ3v) is 2.09. The van der Waals surface area contributed by atoms with Crippen molar-refractivity contribution in [1.29, 1.82) is 0 Å². The molecule has 3 heteroatoms. The monoisotopic (exact) mass is 201 g/mol. The van der Waals surface area contributed by atoms with E-state index in [2.05, 4.69) is 11.6 Å². The van der Waals surface area contributed by atoms with Crippen LogP contribution in [0.5, 0.6) is 0 Å². The molecule has 0 aromatic heterocycles. The summed E-state index contributed by atoms with van der Waals surface area (Å²) >= 11 is 1.50. The molecule has 76 valence electrons. The van der Waals surface area contributed by atoms with Crippen molar-refractivity contribution in [3.8, 4) is 0 Å². The molecule has 2 N–H and O–H groups in total. The fraction of sp³-hybridized carbons (Fsp3) is 0.600. The van der Waals surface area contributed by atoms with Gasteiger partial charge in [-0.3, -0.25) is 0 Å². The summed E-state index contributed by atoms with van der Waals surface area (Å²) in [7, 11) is 0. The van der Waals surface area contributed by atoms with E-state index < -0.39 is 0 Å². The molecule has 1 aliphatic carbocycles. The topological polar surface area (TPSA) is 32.3 Å². The Morgan fingerprint density at radius 3 is 2.54 bits per heavy atom. The van der Waals surface area contributed by atoms with Crippen LogP contribution in [0.4, 0.5) is 0 Å². The molecule has 2 nitrogen and oxygen atoms in total. The minimum atomic E-state index is 0.477. The van der Waals surface area contributed by atoms with Gasteiger partial charge in [-0.2, -0.15) is 0 Å². The van der Waals surface area contributed by atoms with Crippen LogP contribution in [0.25, 0.3) is 0 Å². The summed E-state index contributed by atoms with van der Waals surface area (Å²) in [6, 6.07) is 0. The summed E-state index contributed by atoms with van der Waals surface area (Å²) in [4.78, 5) is 0. The van der Waals surface area contributed by atoms with Gasteiger partial charge >= 0.3 is 0 Å². The normalized spacial score (nSPS) is 15.8. The van der Waals surface area contributed by atoms with Gasteiger partial charge in [0, 0.05) is 12.7 Å². The van der Waals surface area contributed by atoms with Crippen LogP contribution in [-0.4, -0.2) is 11.4 Å². The second kappa shape index (κ2) is 6.89. The first kappa shape index (κ1) is 12.4. The quantitative estimate of drug-likeness (QED) is 0.672. The summed E-state index contributed by atoms with van der Waals surface area (Å²) < 4.78 is 3.03. The smallest absolute Gasteiger partial charge is 0.116 e. The van der Waals surface area contributed by atoms with Crippen molar-refractivity contribution >= 4 is 11.9 Å². The summed E-state index contributed by atoms with van der Waals surface area (Å²) in [6.07, 6.45) is 5.68. The molecule has 13 heavy (non-hydrogen) atoms. The summed E-state index contributed by atoms with van der Waals surface area (Å²) in [5.41, 5.74) is 2.18. The summed E-state index contributed by atoms with van der Waals surface area (Å²) in [5, 5.41) is 9.38. The van der Waals surface area contributed by atoms with Gasteiger partial charge in [0.2, 0.25) is 0 Å². The van der Waals surface area contributed by atoms with Gasteiger partial charge in [-0.1, -0.05) is 31.4 Å². The molecule has 0 radical (unpaired) electrons. The van der Waals surface area contributed by atoms with E-state index in [0.717, 1.165) is 18.5 Å². The lowest BCUT2D eigenvalue weighted by Gasteiger charge is -2.14. The van der Waals surface area contributed by atoms with E-state index in [9.17, 15) is 5.11 Å². The highest BCUT2D eigenvalue weighted by molar-refractivity contribution is 7.96. The number of allylic oxidation sites excluding steroid dienone is 3. The van der Waals surface area contributed by atoms with Crippen LogP contribution in [-0.2, 0) is 0 Å². The fourth-order valence-corrected chi connectivity index (χ4v) is 1.45. The third-order valence-electron chi connectivity index (χ3n) is 1.67. The predicted octanol–water partition coefficient (Wildman–Crippen LogP) is 3.39. The van der Waals surface area contributed by atoms with E-state index in [1.807, 2.05) is 26.2 Å². The Morgan fingerprint density at radius 1 is 1.38 bits per heavy atom. The van der Waals surface area contributed by atoms with Gasteiger partial charge in [0.1, 0.15) is 5.76 Å². The number of hydrogen-bond acceptors (Lipinski definition) is 3. The fourth-order valence-electron chi connectivity index (χ4n) is 1.05. The molecule has 0 aliphatic heterocycles. The van der Waals surface area contributed by atoms with Gasteiger partial charge in [-0.15, -0.1) is 0 Å². The van der Waals surface area contributed by atoms with Gasteiger partial charge in [0.15, 0.2) is 0 Å². The van der Waals surface area contributed by atoms with Crippen LogP contribution < -0.4 is 4.72 Å². The van der Waals surface area contributed by atoms with Crippen LogP contribution in [0.2, 0.25) is 0 Å². The van der Waals surface area contributed by atoms with Gasteiger partial charge in [0.05, 0.1) is 5.70 Å². The van der Waals surface area contributed by atoms with Gasteiger partial charge < -0.3 is 9.83 Å². The molecule has 0 bridgehead atoms. The molecule has 0 fully saturated rings. The Labute approximate surface area is 85.2 Å². The van der Waals surface area contributed by atoms with Gasteiger partial charge in [-0.25, -0.2) is 0 Å². The minimum Gasteiger partial charge on any atom is -0.510 e. The lowest BCUT2D eigenvalue weighted by atomic mass is 10.0. The van der Waals surface area contributed by atoms with Crippen molar-refractivity contribution in [2.75, 3.05) is 6.26 Å². The number of rotatable bonds is 2. The SMILES string of the molecule is CC.CSNC1=C(O)CCC(C)=C1. The number of aliphatic hydroxyl groups excluding tert-OH is 1. The lowest BCUT2D eigenvalue weighted by molar-refractivity contribution is 0.377. The van der Waals surface area contributed by atoms with Crippen molar-refractivity contribution in [3.63, 3.8) is 0 Å². The Hall–Kier alpha value is -0.570. The predicted molar refractivity (Wildman–Crippen MR) is 60.6 cm³/mol. The molecule has 1 aliphatic rings. The highest BCUT2D eigenvalue weighted by atomic mass is 32.2. The molecule has 1 rings (SSSR count). The van der Waals surface area contributed by atoms with E-state index in [1.165, 1.54) is 17.5 Å². The maximum absolute atomic E-state index is 9.38. The molecule has 0 unspecified atom stereocenters. The Bertz CT molecular complexity index is 209. The molecular formula is C10H19NOS. The van der Waals surface area contributed by atoms with Gasteiger partial charge in [-0.05, 0) is 19.4 Å². The highest BCUT2D eigenvalue weighted by Crippen LogP contribution is 2.20. The minimum absolute atomic E-state index is 0.477. The first-order valence-corrected chi connectivity index (χ1v) is 5.85. The van der Waals surface area contributed by atoms with Crippen molar-refractivity contribution in [2.45, 2.75) is 33.6 Å². The van der Waals surface area contributed by atoms with Crippen molar-refractivity contribution in [1.82, 2.24) is 4.72 Å². The average Bonchev–Trinajstić information content (AvgIpc) is 2.15. The second-order valence-corrected chi connectivity index (χ2v) is 3.27. The van der Waals surface area contributed by atoms with Crippen molar-refractivity contribution in [3.05, 3.63) is 23.1 Å². The summed E-state index contributed by atoms with van der Waals surface area (Å²) in [6.45, 7) is 6.08. The molecular weight excluding hydrogens is 182 g/mol. The summed E-state index contributed by atoms with van der Waals surface area (Å²) in [5.74, 6) is 0.477. The van der Waals surface area contributed by atoms with Crippen LogP contribution in [0.1, 0.15) is 33.6 Å². The van der Waals surface area contributed by atoms with Crippen LogP contribution >= 0.6 is 11.9 Å². The molecule has 0 saturated carbocycles. The maximum Gasteiger partial charge on any atom is 0.116 e. The second-order valence-electron chi connectivity index (χ2n) is 2.66. The molecule has 0 aromatic carbocycles. The molecule has 0 atom stereocenters. The number of nitrogens with one attached hydrogen (secondary N) is 1. The zero-order chi connectivity index (χ0) is 10.3. The standard InChI is InChI=1S/C8H13NOS.C2H6/c1-6-3-4-8(10)7(5-6)9-11-2;1-2/h5,9-10H,3-4H2,1-2H3;1-2H3. The third kappa shape index (κ3) is 4.27. The van der Waals surface area contributed by atoms with E-state index in [1.54, 1.807) is 0 Å². The zero-order valence-corrected chi connectivity index (χ0v) is 9.66. The first-order valence-electron chi connectivity index (χ1n) is 4.62. The molecule has 0 spiro atoms. The zero-order valence-electron chi connectivity index (χ0n) is 8.85. The molecule has 0 heterocycles. The largest absolute Gasteiger partial charge is 0.510 e. The highest BCUT2D eigenvalue weighted by Gasteiger charge is 2.08. The molecule has 0 aromatic rings. The number of hydrogen-bond donors (Lipinski definition) is 2. The van der Waals surface area contributed by atoms with Gasteiger partial charge in [0.25, 0.3) is 0 Å². The molecule has 0 saturated heterocycles. The van der Waals surface area contributed by atoms with E-state index >= 15 is 0 Å². The Kier molecular flexibility index (Phi) is 6.59. The van der Waals surface area contributed by atoms with Crippen molar-refractivity contribution in [2.24, 2.45) is 0 Å². The maximum atomic E-state index is 9.38. The Balaban J connectivity index is 0.000000671. The van der Waals surface area contributed by atoms with E-state index in [0.29, 0.717) is 5.76 Å². The van der Waals surface area contributed by atoms with Crippen LogP contribution in [0, 0.1) is 0 Å². The van der Waals surface area contributed by atoms with Crippen LogP contribution in [0.3, 0.4) is 0 Å². The first-order chi connectivity index (χ1) is 6.24. The van der Waals surface area contributed by atoms with Crippen molar-refractivity contribution < 1.29 is 5.11 Å². The average molecular weight is 201 g/mol. The molecule has 0 amide bonds. The lowest BCUT2D eigenvalue weighted by Crippen LogP contribution is -2.08. The number of aliphatic hydroxyl groups is 1.